The van der Waals surface area contributed by atoms with Crippen LogP contribution in [0, 0.1) is 0 Å². The van der Waals surface area contributed by atoms with Crippen LogP contribution in [0.1, 0.15) is 9.67 Å². The van der Waals surface area contributed by atoms with Crippen LogP contribution in [0.5, 0.6) is 0 Å². The summed E-state index contributed by atoms with van der Waals surface area (Å²) >= 11 is 4.85. The minimum atomic E-state index is -0.138. The van der Waals surface area contributed by atoms with Crippen molar-refractivity contribution in [2.24, 2.45) is 0 Å². The fourth-order valence-corrected chi connectivity index (χ4v) is 4.37. The lowest BCUT2D eigenvalue weighted by Crippen LogP contribution is -2.44. The molecule has 3 heterocycles. The quantitative estimate of drug-likeness (QED) is 0.472. The average Bonchev–Trinajstić information content (AvgIpc) is 3.25. The van der Waals surface area contributed by atoms with E-state index in [1.165, 1.54) is 17.0 Å². The summed E-state index contributed by atoms with van der Waals surface area (Å²) in [6.45, 7) is 4.23. The Bertz CT molecular complexity index is 1050. The second-order valence-corrected chi connectivity index (χ2v) is 8.99. The highest BCUT2D eigenvalue weighted by molar-refractivity contribution is 9.10. The molecular formula is C21H24BrN7OS. The molecule has 0 aliphatic carbocycles. The Morgan fingerprint density at radius 2 is 1.84 bits per heavy atom. The van der Waals surface area contributed by atoms with Crippen LogP contribution in [0.4, 0.5) is 28.8 Å². The molecule has 10 heteroatoms. The lowest BCUT2D eigenvalue weighted by Gasteiger charge is -2.34. The Labute approximate surface area is 193 Å². The Kier molecular flexibility index (Phi) is 6.69. The minimum absolute atomic E-state index is 0.138. The van der Waals surface area contributed by atoms with Crippen LogP contribution < -0.4 is 20.9 Å². The summed E-state index contributed by atoms with van der Waals surface area (Å²) in [4.78, 5) is 26.3. The summed E-state index contributed by atoms with van der Waals surface area (Å²) in [6.07, 6.45) is 1.68. The molecule has 31 heavy (non-hydrogen) atoms. The maximum Gasteiger partial charge on any atom is 0.263 e. The van der Waals surface area contributed by atoms with Crippen molar-refractivity contribution < 1.29 is 4.79 Å². The van der Waals surface area contributed by atoms with Gasteiger partial charge in [-0.15, -0.1) is 11.3 Å². The molecule has 8 nitrogen and oxygen atoms in total. The Hall–Kier alpha value is -2.69. The van der Waals surface area contributed by atoms with Gasteiger partial charge in [0.25, 0.3) is 5.91 Å². The van der Waals surface area contributed by atoms with Gasteiger partial charge < -0.3 is 25.8 Å². The third-order valence-electron chi connectivity index (χ3n) is 5.09. The lowest BCUT2D eigenvalue weighted by atomic mass is 10.2. The fourth-order valence-electron chi connectivity index (χ4n) is 3.29. The van der Waals surface area contributed by atoms with Crippen molar-refractivity contribution in [3.8, 4) is 0 Å². The SMILES string of the molecule is CNC(=O)c1sccc1Nc1nc(Nc2ccc(N3CCN(C)CC3)cc2)ncc1Br. The number of piperazine rings is 1. The number of hydrogen-bond acceptors (Lipinski definition) is 8. The van der Waals surface area contributed by atoms with Gasteiger partial charge in [0, 0.05) is 50.8 Å². The number of carbonyl (C=O) groups excluding carboxylic acids is 1. The van der Waals surface area contributed by atoms with Gasteiger partial charge in [-0.05, 0) is 58.7 Å². The maximum absolute atomic E-state index is 12.0. The van der Waals surface area contributed by atoms with Crippen LogP contribution >= 0.6 is 27.3 Å². The molecule has 1 aliphatic rings. The van der Waals surface area contributed by atoms with Crippen LogP contribution in [0.2, 0.25) is 0 Å². The van der Waals surface area contributed by atoms with Gasteiger partial charge in [-0.1, -0.05) is 0 Å². The van der Waals surface area contributed by atoms with E-state index in [0.717, 1.165) is 31.9 Å². The van der Waals surface area contributed by atoms with E-state index in [4.69, 9.17) is 0 Å². The smallest absolute Gasteiger partial charge is 0.263 e. The molecular weight excluding hydrogens is 478 g/mol. The van der Waals surface area contributed by atoms with Crippen molar-refractivity contribution in [3.05, 3.63) is 51.3 Å². The highest BCUT2D eigenvalue weighted by Gasteiger charge is 2.15. The normalized spacial score (nSPS) is 14.4. The van der Waals surface area contributed by atoms with Crippen LogP contribution in [0.15, 0.2) is 46.4 Å². The molecule has 1 amide bonds. The van der Waals surface area contributed by atoms with E-state index in [2.05, 4.69) is 70.8 Å². The summed E-state index contributed by atoms with van der Waals surface area (Å²) in [5.74, 6) is 0.909. The van der Waals surface area contributed by atoms with Crippen molar-refractivity contribution in [1.29, 1.82) is 0 Å². The van der Waals surface area contributed by atoms with Gasteiger partial charge >= 0.3 is 0 Å². The second kappa shape index (κ2) is 9.63. The zero-order chi connectivity index (χ0) is 21.8. The summed E-state index contributed by atoms with van der Waals surface area (Å²) in [6, 6.07) is 10.2. The fraction of sp³-hybridized carbons (Fsp3) is 0.286. The van der Waals surface area contributed by atoms with Crippen molar-refractivity contribution in [2.75, 3.05) is 55.8 Å². The topological polar surface area (TPSA) is 85.4 Å². The number of anilines is 5. The Balaban J connectivity index is 1.46. The van der Waals surface area contributed by atoms with Crippen molar-refractivity contribution in [3.63, 3.8) is 0 Å². The number of nitrogens with one attached hydrogen (secondary N) is 3. The Morgan fingerprint density at radius 1 is 1.10 bits per heavy atom. The van der Waals surface area contributed by atoms with E-state index in [-0.39, 0.29) is 5.91 Å². The van der Waals surface area contributed by atoms with E-state index < -0.39 is 0 Å². The van der Waals surface area contributed by atoms with Gasteiger partial charge in [0.2, 0.25) is 5.95 Å². The number of benzene rings is 1. The molecule has 4 rings (SSSR count). The molecule has 0 bridgehead atoms. The summed E-state index contributed by atoms with van der Waals surface area (Å²) < 4.78 is 0.706. The summed E-state index contributed by atoms with van der Waals surface area (Å²) in [7, 11) is 3.77. The van der Waals surface area contributed by atoms with Crippen molar-refractivity contribution in [2.45, 2.75) is 0 Å². The third kappa shape index (κ3) is 5.15. The number of nitrogens with zero attached hydrogens (tertiary/aromatic N) is 4. The van der Waals surface area contributed by atoms with Crippen LogP contribution in [0.25, 0.3) is 0 Å². The molecule has 0 saturated carbocycles. The zero-order valence-corrected chi connectivity index (χ0v) is 19.8. The van der Waals surface area contributed by atoms with E-state index in [1.54, 1.807) is 13.2 Å². The number of rotatable bonds is 6. The van der Waals surface area contributed by atoms with Crippen molar-refractivity contribution >= 4 is 62.0 Å². The number of hydrogen-bond donors (Lipinski definition) is 3. The second-order valence-electron chi connectivity index (χ2n) is 7.22. The molecule has 3 aromatic rings. The molecule has 162 valence electrons. The van der Waals surface area contributed by atoms with Crippen molar-refractivity contribution in [1.82, 2.24) is 20.2 Å². The first-order valence-electron chi connectivity index (χ1n) is 9.93. The van der Waals surface area contributed by atoms with Gasteiger partial charge in [0.1, 0.15) is 10.7 Å². The number of thiophene rings is 1. The molecule has 1 aliphatic heterocycles. The highest BCUT2D eigenvalue weighted by atomic mass is 79.9. The average molecular weight is 502 g/mol. The van der Waals surface area contributed by atoms with E-state index in [1.807, 2.05) is 23.6 Å². The first-order valence-corrected chi connectivity index (χ1v) is 11.6. The minimum Gasteiger partial charge on any atom is -0.369 e. The van der Waals surface area contributed by atoms with Gasteiger partial charge in [-0.25, -0.2) is 4.98 Å². The molecule has 3 N–H and O–H groups in total. The van der Waals surface area contributed by atoms with Crippen LogP contribution in [0.3, 0.4) is 0 Å². The molecule has 0 spiro atoms. The van der Waals surface area contributed by atoms with Gasteiger partial charge in [0.05, 0.1) is 10.2 Å². The number of amides is 1. The predicted octanol–water partition coefficient (Wildman–Crippen LogP) is 3.90. The molecule has 0 radical (unpaired) electrons. The van der Waals surface area contributed by atoms with Gasteiger partial charge in [-0.2, -0.15) is 4.98 Å². The Morgan fingerprint density at radius 3 is 2.55 bits per heavy atom. The largest absolute Gasteiger partial charge is 0.369 e. The number of halogens is 1. The molecule has 1 aromatic carbocycles. The molecule has 0 atom stereocenters. The number of carbonyl (C=O) groups is 1. The zero-order valence-electron chi connectivity index (χ0n) is 17.4. The summed E-state index contributed by atoms with van der Waals surface area (Å²) in [5.41, 5.74) is 2.83. The highest BCUT2D eigenvalue weighted by Crippen LogP contribution is 2.30. The molecule has 1 fully saturated rings. The van der Waals surface area contributed by atoms with Crippen LogP contribution in [-0.4, -0.2) is 61.0 Å². The monoisotopic (exact) mass is 501 g/mol. The van der Waals surface area contributed by atoms with E-state index >= 15 is 0 Å². The van der Waals surface area contributed by atoms with E-state index in [9.17, 15) is 4.79 Å². The number of likely N-dealkylation sites (N-methyl/N-ethyl adjacent to an activating group) is 1. The maximum atomic E-state index is 12.0. The lowest BCUT2D eigenvalue weighted by molar-refractivity contribution is 0.0968. The standard InChI is InChI=1S/C21H24BrN7OS/c1-23-20(30)18-17(7-12-31-18)26-19-16(22)13-24-21(27-19)25-14-3-5-15(6-4-14)29-10-8-28(2)9-11-29/h3-7,12-13H,8-11H2,1-2H3,(H,23,30)(H2,24,25,26,27). The van der Waals surface area contributed by atoms with E-state index in [0.29, 0.717) is 26.8 Å². The third-order valence-corrected chi connectivity index (χ3v) is 6.58. The first-order chi connectivity index (χ1) is 15.0. The first kappa shape index (κ1) is 21.5. The summed E-state index contributed by atoms with van der Waals surface area (Å²) in [5, 5.41) is 11.0. The molecule has 2 aromatic heterocycles. The number of aromatic nitrogens is 2. The van der Waals surface area contributed by atoms with Gasteiger partial charge in [-0.3, -0.25) is 4.79 Å². The molecule has 0 unspecified atom stereocenters. The van der Waals surface area contributed by atoms with Gasteiger partial charge in [0.15, 0.2) is 0 Å². The predicted molar refractivity (Wildman–Crippen MR) is 130 cm³/mol. The molecule has 1 saturated heterocycles. The van der Waals surface area contributed by atoms with Crippen LogP contribution in [-0.2, 0) is 0 Å².